The van der Waals surface area contributed by atoms with E-state index in [2.05, 4.69) is 9.88 Å². The summed E-state index contributed by atoms with van der Waals surface area (Å²) in [6.07, 6.45) is 2.63. The Labute approximate surface area is 93.1 Å². The smallest absolute Gasteiger partial charge is 0.186 e. The maximum Gasteiger partial charge on any atom is 0.186 e. The van der Waals surface area contributed by atoms with Crippen LogP contribution >= 0.6 is 11.3 Å². The van der Waals surface area contributed by atoms with Crippen LogP contribution in [0.1, 0.15) is 35.1 Å². The highest BCUT2D eigenvalue weighted by atomic mass is 32.1. The Morgan fingerprint density at radius 3 is 2.87 bits per heavy atom. The topological polar surface area (TPSA) is 33.2 Å². The van der Waals surface area contributed by atoms with Crippen LogP contribution in [-0.4, -0.2) is 23.4 Å². The molecule has 15 heavy (non-hydrogen) atoms. The van der Waals surface area contributed by atoms with Crippen LogP contribution < -0.4 is 4.90 Å². The van der Waals surface area contributed by atoms with Gasteiger partial charge in [0.05, 0.1) is 10.6 Å². The van der Waals surface area contributed by atoms with Crippen molar-refractivity contribution in [2.45, 2.75) is 32.7 Å². The predicted molar refractivity (Wildman–Crippen MR) is 60.7 cm³/mol. The van der Waals surface area contributed by atoms with Gasteiger partial charge in [0.1, 0.15) is 0 Å². The lowest BCUT2D eigenvalue weighted by atomic mass is 10.3. The Balaban J connectivity index is 1.92. The van der Waals surface area contributed by atoms with Crippen molar-refractivity contribution in [3.63, 3.8) is 0 Å². The number of Topliss-reactive ketones (excluding diaryl/α,β-unsaturated/α-hetero) is 1. The van der Waals surface area contributed by atoms with E-state index in [1.807, 2.05) is 6.92 Å². The van der Waals surface area contributed by atoms with Crippen molar-refractivity contribution in [3.05, 3.63) is 10.6 Å². The number of piperidine rings is 1. The first-order chi connectivity index (χ1) is 7.16. The number of anilines is 1. The minimum atomic E-state index is 0.141. The van der Waals surface area contributed by atoms with Crippen molar-refractivity contribution in [1.29, 1.82) is 0 Å². The number of hydrogen-bond donors (Lipinski definition) is 0. The van der Waals surface area contributed by atoms with Crippen molar-refractivity contribution < 1.29 is 4.79 Å². The Morgan fingerprint density at radius 2 is 2.40 bits per heavy atom. The van der Waals surface area contributed by atoms with Gasteiger partial charge in [-0.25, -0.2) is 4.98 Å². The highest BCUT2D eigenvalue weighted by Crippen LogP contribution is 2.47. The summed E-state index contributed by atoms with van der Waals surface area (Å²) < 4.78 is 0. The van der Waals surface area contributed by atoms with E-state index >= 15 is 0 Å². The van der Waals surface area contributed by atoms with Gasteiger partial charge >= 0.3 is 0 Å². The zero-order valence-electron chi connectivity index (χ0n) is 8.99. The van der Waals surface area contributed by atoms with Crippen LogP contribution in [-0.2, 0) is 0 Å². The fraction of sp³-hybridized carbons (Fsp3) is 0.636. The number of nitrogens with zero attached hydrogens (tertiary/aromatic N) is 2. The summed E-state index contributed by atoms with van der Waals surface area (Å²) in [6, 6.07) is 0.732. The summed E-state index contributed by atoms with van der Waals surface area (Å²) in [7, 11) is 0. The average Bonchev–Trinajstić information content (AvgIpc) is 2.67. The number of aromatic nitrogens is 1. The summed E-state index contributed by atoms with van der Waals surface area (Å²) in [6.45, 7) is 4.67. The number of ketones is 1. The van der Waals surface area contributed by atoms with Crippen LogP contribution in [0.3, 0.4) is 0 Å². The third kappa shape index (κ3) is 1.39. The van der Waals surface area contributed by atoms with Crippen molar-refractivity contribution in [3.8, 4) is 0 Å². The molecule has 0 spiro atoms. The summed E-state index contributed by atoms with van der Waals surface area (Å²) in [5.41, 5.74) is 0.895. The van der Waals surface area contributed by atoms with E-state index in [9.17, 15) is 4.79 Å². The molecule has 0 amide bonds. The second-order valence-corrected chi connectivity index (χ2v) is 5.49. The van der Waals surface area contributed by atoms with Crippen LogP contribution in [0.25, 0.3) is 0 Å². The first-order valence-electron chi connectivity index (χ1n) is 5.42. The maximum absolute atomic E-state index is 11.3. The average molecular weight is 222 g/mol. The molecule has 0 bridgehead atoms. The number of carbonyl (C=O) groups excluding carboxylic acids is 1. The molecule has 2 heterocycles. The lowest BCUT2D eigenvalue weighted by Gasteiger charge is -2.15. The zero-order chi connectivity index (χ0) is 10.6. The van der Waals surface area contributed by atoms with Gasteiger partial charge in [0.15, 0.2) is 10.9 Å². The van der Waals surface area contributed by atoms with Crippen molar-refractivity contribution >= 4 is 22.3 Å². The Hall–Kier alpha value is -0.900. The van der Waals surface area contributed by atoms with E-state index in [0.717, 1.165) is 34.2 Å². The molecule has 0 N–H and O–H groups in total. The molecule has 1 saturated heterocycles. The Morgan fingerprint density at radius 1 is 1.60 bits per heavy atom. The summed E-state index contributed by atoms with van der Waals surface area (Å²) in [5.74, 6) is 1.05. The molecule has 3 nitrogen and oxygen atoms in total. The zero-order valence-corrected chi connectivity index (χ0v) is 9.80. The highest BCUT2D eigenvalue weighted by molar-refractivity contribution is 7.17. The summed E-state index contributed by atoms with van der Waals surface area (Å²) in [4.78, 5) is 19.1. The number of fused-ring (bicyclic) bond motifs is 1. The predicted octanol–water partition coefficient (Wildman–Crippen LogP) is 2.25. The third-order valence-corrected chi connectivity index (χ3v) is 4.67. The Kier molecular flexibility index (Phi) is 1.89. The van der Waals surface area contributed by atoms with Gasteiger partial charge in [-0.05, 0) is 25.7 Å². The molecule has 0 aromatic carbocycles. The van der Waals surface area contributed by atoms with Gasteiger partial charge in [0.25, 0.3) is 0 Å². The lowest BCUT2D eigenvalue weighted by Crippen LogP contribution is -2.21. The van der Waals surface area contributed by atoms with Crippen LogP contribution in [0.15, 0.2) is 0 Å². The van der Waals surface area contributed by atoms with Gasteiger partial charge < -0.3 is 4.90 Å². The Bertz CT molecular complexity index is 426. The quantitative estimate of drug-likeness (QED) is 0.720. The molecule has 1 saturated carbocycles. The molecule has 2 atom stereocenters. The van der Waals surface area contributed by atoms with E-state index < -0.39 is 0 Å². The molecule has 80 valence electrons. The van der Waals surface area contributed by atoms with E-state index in [-0.39, 0.29) is 5.78 Å². The fourth-order valence-electron chi connectivity index (χ4n) is 2.46. The van der Waals surface area contributed by atoms with Crippen LogP contribution in [0.5, 0.6) is 0 Å². The van der Waals surface area contributed by atoms with Gasteiger partial charge in [0.2, 0.25) is 0 Å². The number of rotatable bonds is 2. The standard InChI is InChI=1S/C11H14N2OS/c1-6-10(7(2)14)15-11(12-6)13-4-3-8-5-9(8)13/h8-9H,3-5H2,1-2H3/t8-,9+/m1/s1. The van der Waals surface area contributed by atoms with Crippen molar-refractivity contribution in [2.75, 3.05) is 11.4 Å². The second kappa shape index (κ2) is 3.04. The van der Waals surface area contributed by atoms with Crippen molar-refractivity contribution in [2.24, 2.45) is 5.92 Å². The molecule has 1 aromatic rings. The van der Waals surface area contributed by atoms with Gasteiger partial charge in [-0.2, -0.15) is 0 Å². The molecular weight excluding hydrogens is 208 g/mol. The number of carbonyl (C=O) groups is 1. The van der Waals surface area contributed by atoms with Crippen LogP contribution in [0, 0.1) is 12.8 Å². The SMILES string of the molecule is CC(=O)c1sc(N2CC[C@@H]3C[C@@H]32)nc1C. The first-order valence-corrected chi connectivity index (χ1v) is 6.23. The molecule has 3 rings (SSSR count). The first kappa shape index (κ1) is 9.33. The highest BCUT2D eigenvalue weighted by Gasteiger charge is 2.47. The van der Waals surface area contributed by atoms with E-state index in [0.29, 0.717) is 0 Å². The number of thiazole rings is 1. The van der Waals surface area contributed by atoms with Crippen LogP contribution in [0.4, 0.5) is 5.13 Å². The van der Waals surface area contributed by atoms with E-state index in [1.54, 1.807) is 18.3 Å². The van der Waals surface area contributed by atoms with Gasteiger partial charge in [0, 0.05) is 19.5 Å². The van der Waals surface area contributed by atoms with Crippen LogP contribution in [0.2, 0.25) is 0 Å². The maximum atomic E-state index is 11.3. The monoisotopic (exact) mass is 222 g/mol. The number of hydrogen-bond acceptors (Lipinski definition) is 4. The third-order valence-electron chi connectivity index (χ3n) is 3.38. The summed E-state index contributed by atoms with van der Waals surface area (Å²) in [5, 5.41) is 1.06. The molecule has 1 aliphatic carbocycles. The van der Waals surface area contributed by atoms with Gasteiger partial charge in [-0.3, -0.25) is 4.79 Å². The molecule has 0 unspecified atom stereocenters. The molecule has 1 aromatic heterocycles. The number of aryl methyl sites for hydroxylation is 1. The lowest BCUT2D eigenvalue weighted by molar-refractivity contribution is 0.102. The normalized spacial score (nSPS) is 28.0. The second-order valence-electron chi connectivity index (χ2n) is 4.51. The summed E-state index contributed by atoms with van der Waals surface area (Å²) >= 11 is 1.56. The minimum absolute atomic E-state index is 0.141. The fourth-order valence-corrected chi connectivity index (χ4v) is 3.51. The van der Waals surface area contributed by atoms with Crippen molar-refractivity contribution in [1.82, 2.24) is 4.98 Å². The minimum Gasteiger partial charge on any atom is -0.345 e. The molecule has 2 fully saturated rings. The molecule has 2 aliphatic rings. The molecule has 0 radical (unpaired) electrons. The largest absolute Gasteiger partial charge is 0.345 e. The molecular formula is C11H14N2OS. The van der Waals surface area contributed by atoms with Gasteiger partial charge in [-0.15, -0.1) is 0 Å². The van der Waals surface area contributed by atoms with E-state index in [1.165, 1.54) is 12.8 Å². The molecule has 1 aliphatic heterocycles. The van der Waals surface area contributed by atoms with Gasteiger partial charge in [-0.1, -0.05) is 11.3 Å². The van der Waals surface area contributed by atoms with E-state index in [4.69, 9.17) is 0 Å². The molecule has 4 heteroatoms.